The van der Waals surface area contributed by atoms with Crippen LogP contribution in [0.15, 0.2) is 0 Å². The van der Waals surface area contributed by atoms with Crippen LogP contribution in [0.5, 0.6) is 0 Å². The van der Waals surface area contributed by atoms with Crippen molar-refractivity contribution >= 4 is 0 Å². The molecular formula is C29H52. The molecule has 0 saturated heterocycles. The molecule has 4 aliphatic carbocycles. The van der Waals surface area contributed by atoms with Crippen molar-refractivity contribution in [2.45, 2.75) is 125 Å². The zero-order valence-electron chi connectivity index (χ0n) is 20.8. The van der Waals surface area contributed by atoms with Gasteiger partial charge in [0, 0.05) is 0 Å². The van der Waals surface area contributed by atoms with Crippen molar-refractivity contribution in [3.05, 3.63) is 0 Å². The third-order valence-corrected chi connectivity index (χ3v) is 11.8. The summed E-state index contributed by atoms with van der Waals surface area (Å²) in [4.78, 5) is 0. The highest BCUT2D eigenvalue weighted by Gasteiger charge is 2.60. The SMILES string of the molecule is CC[C@@H](CC[C@@H](C)[C@H]1CC[C@H]2[C@@H]3CC[C@@H]4CCCC[C@]4(C)[C@H]3CC[C@]12C)C(C)C. The Labute approximate surface area is 183 Å². The van der Waals surface area contributed by atoms with Crippen LogP contribution in [-0.2, 0) is 0 Å². The Morgan fingerprint density at radius 2 is 1.52 bits per heavy atom. The zero-order chi connectivity index (χ0) is 20.8. The van der Waals surface area contributed by atoms with Crippen LogP contribution in [0.2, 0.25) is 0 Å². The molecule has 0 N–H and O–H groups in total. The lowest BCUT2D eigenvalue weighted by atomic mass is 9.44. The molecule has 0 unspecified atom stereocenters. The van der Waals surface area contributed by atoms with Crippen molar-refractivity contribution < 1.29 is 0 Å². The third kappa shape index (κ3) is 3.75. The predicted octanol–water partition coefficient (Wildman–Crippen LogP) is 9.13. The summed E-state index contributed by atoms with van der Waals surface area (Å²) in [6.45, 7) is 15.4. The highest BCUT2D eigenvalue weighted by atomic mass is 14.6. The smallest absolute Gasteiger partial charge is 0.0264 e. The van der Waals surface area contributed by atoms with E-state index in [2.05, 4.69) is 41.5 Å². The topological polar surface area (TPSA) is 0 Å². The molecule has 0 aromatic rings. The van der Waals surface area contributed by atoms with Gasteiger partial charge in [-0.05, 0) is 116 Å². The van der Waals surface area contributed by atoms with Gasteiger partial charge in [-0.15, -0.1) is 0 Å². The Hall–Kier alpha value is 0. The molecule has 0 radical (unpaired) electrons. The lowest BCUT2D eigenvalue weighted by Gasteiger charge is -2.61. The molecule has 168 valence electrons. The lowest BCUT2D eigenvalue weighted by Crippen LogP contribution is -2.53. The second-order valence-corrected chi connectivity index (χ2v) is 13.1. The molecule has 9 atom stereocenters. The van der Waals surface area contributed by atoms with Crippen LogP contribution in [-0.4, -0.2) is 0 Å². The average Bonchev–Trinajstić information content (AvgIpc) is 3.05. The van der Waals surface area contributed by atoms with E-state index in [0.29, 0.717) is 10.8 Å². The average molecular weight is 401 g/mol. The van der Waals surface area contributed by atoms with E-state index in [1.807, 2.05) is 0 Å². The number of fused-ring (bicyclic) bond motifs is 5. The third-order valence-electron chi connectivity index (χ3n) is 11.8. The number of rotatable bonds is 6. The normalized spacial score (nSPS) is 46.7. The highest BCUT2D eigenvalue weighted by Crippen LogP contribution is 2.68. The monoisotopic (exact) mass is 400 g/mol. The highest BCUT2D eigenvalue weighted by molar-refractivity contribution is 5.09. The number of hydrogen-bond donors (Lipinski definition) is 0. The van der Waals surface area contributed by atoms with Crippen molar-refractivity contribution in [2.75, 3.05) is 0 Å². The second-order valence-electron chi connectivity index (χ2n) is 13.1. The van der Waals surface area contributed by atoms with Crippen molar-refractivity contribution in [3.8, 4) is 0 Å². The molecule has 0 nitrogen and oxygen atoms in total. The van der Waals surface area contributed by atoms with Gasteiger partial charge in [0.1, 0.15) is 0 Å². The first kappa shape index (κ1) is 22.2. The molecule has 29 heavy (non-hydrogen) atoms. The summed E-state index contributed by atoms with van der Waals surface area (Å²) in [5.74, 6) is 8.02. The van der Waals surface area contributed by atoms with Crippen LogP contribution in [0, 0.1) is 58.2 Å². The molecule has 0 bridgehead atoms. The first-order valence-corrected chi connectivity index (χ1v) is 13.8. The molecule has 0 aliphatic heterocycles. The van der Waals surface area contributed by atoms with Gasteiger partial charge < -0.3 is 0 Å². The summed E-state index contributed by atoms with van der Waals surface area (Å²) < 4.78 is 0. The van der Waals surface area contributed by atoms with Gasteiger partial charge in [0.2, 0.25) is 0 Å². The van der Waals surface area contributed by atoms with Gasteiger partial charge in [0.15, 0.2) is 0 Å². The van der Waals surface area contributed by atoms with Gasteiger partial charge in [-0.1, -0.05) is 67.2 Å². The molecule has 4 aliphatic rings. The van der Waals surface area contributed by atoms with Crippen molar-refractivity contribution in [1.29, 1.82) is 0 Å². The summed E-state index contributed by atoms with van der Waals surface area (Å²) in [5.41, 5.74) is 1.37. The Morgan fingerprint density at radius 3 is 2.24 bits per heavy atom. The lowest BCUT2D eigenvalue weighted by molar-refractivity contribution is -0.114. The summed E-state index contributed by atoms with van der Waals surface area (Å²) >= 11 is 0. The molecule has 4 saturated carbocycles. The predicted molar refractivity (Wildman–Crippen MR) is 127 cm³/mol. The summed E-state index contributed by atoms with van der Waals surface area (Å²) in [5, 5.41) is 0. The zero-order valence-corrected chi connectivity index (χ0v) is 20.8. The quantitative estimate of drug-likeness (QED) is 0.417. The van der Waals surface area contributed by atoms with E-state index in [0.717, 1.165) is 47.3 Å². The van der Waals surface area contributed by atoms with Crippen LogP contribution < -0.4 is 0 Å². The fourth-order valence-electron chi connectivity index (χ4n) is 9.96. The Balaban J connectivity index is 1.45. The molecule has 4 rings (SSSR count). The minimum atomic E-state index is 0.665. The van der Waals surface area contributed by atoms with Crippen LogP contribution in [0.1, 0.15) is 125 Å². The van der Waals surface area contributed by atoms with E-state index in [1.165, 1.54) is 32.1 Å². The maximum atomic E-state index is 2.76. The van der Waals surface area contributed by atoms with E-state index in [1.54, 1.807) is 51.4 Å². The first-order chi connectivity index (χ1) is 13.8. The van der Waals surface area contributed by atoms with Gasteiger partial charge in [0.25, 0.3) is 0 Å². The standard InChI is InChI=1S/C29H52/c1-7-22(20(2)3)12-11-21(4)25-15-16-26-24-14-13-23-10-8-9-18-28(23,5)27(24)17-19-29(25,26)6/h20-27H,7-19H2,1-6H3/t21-,22+,23+,24+,25-,26+,27+,28+,29-/m1/s1. The van der Waals surface area contributed by atoms with E-state index in [-0.39, 0.29) is 0 Å². The fraction of sp³-hybridized carbons (Fsp3) is 1.00. The summed E-state index contributed by atoms with van der Waals surface area (Å²) in [6.07, 6.45) is 19.8. The van der Waals surface area contributed by atoms with E-state index < -0.39 is 0 Å². The van der Waals surface area contributed by atoms with E-state index in [4.69, 9.17) is 0 Å². The molecule has 0 heteroatoms. The second kappa shape index (κ2) is 8.50. The van der Waals surface area contributed by atoms with Gasteiger partial charge in [0.05, 0.1) is 0 Å². The maximum absolute atomic E-state index is 2.76. The van der Waals surface area contributed by atoms with Crippen LogP contribution in [0.4, 0.5) is 0 Å². The molecule has 0 heterocycles. The van der Waals surface area contributed by atoms with Crippen molar-refractivity contribution in [2.24, 2.45) is 58.2 Å². The van der Waals surface area contributed by atoms with Gasteiger partial charge in [-0.3, -0.25) is 0 Å². The Morgan fingerprint density at radius 1 is 0.759 bits per heavy atom. The Kier molecular flexibility index (Phi) is 6.51. The fourth-order valence-corrected chi connectivity index (χ4v) is 9.96. The molecule has 4 fully saturated rings. The van der Waals surface area contributed by atoms with Gasteiger partial charge >= 0.3 is 0 Å². The van der Waals surface area contributed by atoms with Gasteiger partial charge in [-0.2, -0.15) is 0 Å². The maximum Gasteiger partial charge on any atom is -0.0264 e. The summed E-state index contributed by atoms with van der Waals surface area (Å²) in [6, 6.07) is 0. The van der Waals surface area contributed by atoms with Crippen molar-refractivity contribution in [3.63, 3.8) is 0 Å². The molecular weight excluding hydrogens is 348 g/mol. The van der Waals surface area contributed by atoms with Crippen LogP contribution in [0.3, 0.4) is 0 Å². The van der Waals surface area contributed by atoms with Crippen LogP contribution >= 0.6 is 0 Å². The molecule has 0 aromatic carbocycles. The molecule has 0 spiro atoms. The minimum Gasteiger partial charge on any atom is -0.0651 e. The minimum absolute atomic E-state index is 0.665. The van der Waals surface area contributed by atoms with Crippen molar-refractivity contribution in [1.82, 2.24) is 0 Å². The van der Waals surface area contributed by atoms with E-state index in [9.17, 15) is 0 Å². The molecule has 0 aromatic heterocycles. The Bertz CT molecular complexity index is 548. The molecule has 0 amide bonds. The number of hydrogen-bond acceptors (Lipinski definition) is 0. The summed E-state index contributed by atoms with van der Waals surface area (Å²) in [7, 11) is 0. The first-order valence-electron chi connectivity index (χ1n) is 13.8. The van der Waals surface area contributed by atoms with Crippen LogP contribution in [0.25, 0.3) is 0 Å². The largest absolute Gasteiger partial charge is 0.0651 e. The van der Waals surface area contributed by atoms with E-state index >= 15 is 0 Å². The van der Waals surface area contributed by atoms with Gasteiger partial charge in [-0.25, -0.2) is 0 Å².